The number of nitrogens with zero attached hydrogens (tertiary/aromatic N) is 1. The molecular weight excluding hydrogens is 332 g/mol. The lowest BCUT2D eigenvalue weighted by Gasteiger charge is -2.20. The van der Waals surface area contributed by atoms with Gasteiger partial charge in [-0.25, -0.2) is 0 Å². The summed E-state index contributed by atoms with van der Waals surface area (Å²) >= 11 is 1.38. The maximum atomic E-state index is 11.4. The molecule has 0 fully saturated rings. The van der Waals surface area contributed by atoms with Crippen LogP contribution >= 0.6 is 11.3 Å². The molecule has 0 aliphatic rings. The Kier molecular flexibility index (Phi) is 8.25. The second-order valence-corrected chi connectivity index (χ2v) is 6.34. The van der Waals surface area contributed by atoms with Crippen molar-refractivity contribution in [2.24, 2.45) is 10.7 Å². The molecule has 3 N–H and O–H groups in total. The molecule has 1 aromatic carbocycles. The minimum absolute atomic E-state index is 0.000417. The van der Waals surface area contributed by atoms with E-state index in [2.05, 4.69) is 37.0 Å². The number of amides is 1. The third-order valence-electron chi connectivity index (χ3n) is 4.02. The summed E-state index contributed by atoms with van der Waals surface area (Å²) in [6, 6.07) is 8.18. The highest BCUT2D eigenvalue weighted by Crippen LogP contribution is 2.37. The maximum absolute atomic E-state index is 11.4. The third-order valence-corrected chi connectivity index (χ3v) is 4.99. The highest BCUT2D eigenvalue weighted by atomic mass is 32.1. The quantitative estimate of drug-likeness (QED) is 0.786. The van der Waals surface area contributed by atoms with E-state index in [1.54, 1.807) is 6.21 Å². The van der Waals surface area contributed by atoms with E-state index in [0.29, 0.717) is 4.88 Å². The lowest BCUT2D eigenvalue weighted by atomic mass is 9.85. The fourth-order valence-corrected chi connectivity index (χ4v) is 3.48. The average molecular weight is 359 g/mol. The van der Waals surface area contributed by atoms with E-state index < -0.39 is 0 Å². The molecule has 1 aromatic heterocycles. The number of aliphatic hydroxyl groups excluding tert-OH is 1. The van der Waals surface area contributed by atoms with Crippen LogP contribution in [0.5, 0.6) is 0 Å². The van der Waals surface area contributed by atoms with E-state index >= 15 is 0 Å². The van der Waals surface area contributed by atoms with Gasteiger partial charge in [0, 0.05) is 19.0 Å². The van der Waals surface area contributed by atoms with Gasteiger partial charge < -0.3 is 10.8 Å². The summed E-state index contributed by atoms with van der Waals surface area (Å²) in [5, 5.41) is 9.00. The average Bonchev–Trinajstić information content (AvgIpc) is 3.10. The van der Waals surface area contributed by atoms with Gasteiger partial charge in [-0.3, -0.25) is 9.79 Å². The van der Waals surface area contributed by atoms with Crippen molar-refractivity contribution in [3.63, 3.8) is 0 Å². The minimum atomic E-state index is -0.387. The number of thiophene rings is 1. The predicted molar refractivity (Wildman–Crippen MR) is 107 cm³/mol. The molecule has 1 unspecified atom stereocenters. The number of benzene rings is 1. The molecular formula is C20H26N2O2S. The van der Waals surface area contributed by atoms with Gasteiger partial charge in [-0.2, -0.15) is 0 Å². The molecule has 2 rings (SSSR count). The largest absolute Gasteiger partial charge is 0.400 e. The molecule has 5 heteroatoms. The second kappa shape index (κ2) is 9.91. The molecule has 4 nitrogen and oxygen atoms in total. The molecule has 0 saturated carbocycles. The summed E-state index contributed by atoms with van der Waals surface area (Å²) in [5.74, 6) is -0.387. The Morgan fingerprint density at radius 1 is 1.28 bits per heavy atom. The van der Waals surface area contributed by atoms with Gasteiger partial charge in [-0.1, -0.05) is 24.3 Å². The normalized spacial score (nSPS) is 12.6. The van der Waals surface area contributed by atoms with Crippen molar-refractivity contribution in [1.29, 1.82) is 0 Å². The molecule has 1 atom stereocenters. The topological polar surface area (TPSA) is 75.7 Å². The number of allylic oxidation sites excluding steroid dienone is 2. The van der Waals surface area contributed by atoms with Crippen molar-refractivity contribution < 1.29 is 9.90 Å². The Balaban J connectivity index is 0.00000151. The SMILES string of the molecule is CC=N/C(=C\C)C(c1csc(C(N)=O)c1)c1cccc(C)c1C.CO. The number of primary amides is 1. The molecule has 2 aromatic rings. The Hall–Kier alpha value is -2.24. The summed E-state index contributed by atoms with van der Waals surface area (Å²) < 4.78 is 0. The maximum Gasteiger partial charge on any atom is 0.258 e. The molecule has 0 aliphatic heterocycles. The lowest BCUT2D eigenvalue weighted by Crippen LogP contribution is -2.09. The van der Waals surface area contributed by atoms with E-state index in [0.717, 1.165) is 18.4 Å². The van der Waals surface area contributed by atoms with E-state index in [1.165, 1.54) is 28.0 Å². The van der Waals surface area contributed by atoms with Gasteiger partial charge in [-0.05, 0) is 61.4 Å². The number of nitrogens with two attached hydrogens (primary N) is 1. The van der Waals surface area contributed by atoms with Crippen LogP contribution in [0, 0.1) is 13.8 Å². The number of carbonyl (C=O) groups excluding carboxylic acids is 1. The zero-order chi connectivity index (χ0) is 19.0. The van der Waals surface area contributed by atoms with Crippen molar-refractivity contribution in [2.75, 3.05) is 7.11 Å². The number of hydrogen-bond acceptors (Lipinski definition) is 4. The summed E-state index contributed by atoms with van der Waals surface area (Å²) in [6.45, 7) is 8.13. The van der Waals surface area contributed by atoms with Crippen LogP contribution in [0.3, 0.4) is 0 Å². The highest BCUT2D eigenvalue weighted by Gasteiger charge is 2.22. The van der Waals surface area contributed by atoms with Crippen molar-refractivity contribution in [3.05, 3.63) is 68.5 Å². The molecule has 0 spiro atoms. The fourth-order valence-electron chi connectivity index (χ4n) is 2.69. The first kappa shape index (κ1) is 20.8. The number of aliphatic hydroxyl groups is 1. The van der Waals surface area contributed by atoms with E-state index in [9.17, 15) is 4.79 Å². The lowest BCUT2D eigenvalue weighted by molar-refractivity contribution is 0.100. The zero-order valence-electron chi connectivity index (χ0n) is 15.4. The van der Waals surface area contributed by atoms with Crippen LogP contribution < -0.4 is 5.73 Å². The van der Waals surface area contributed by atoms with Crippen LogP contribution in [0.2, 0.25) is 0 Å². The summed E-state index contributed by atoms with van der Waals surface area (Å²) in [4.78, 5) is 16.6. The third kappa shape index (κ3) is 4.87. The standard InChI is InChI=1S/C19H22N2OS.CH4O/c1-5-16(21-6-2)18(14-10-17(19(20)22)23-11-14)15-9-7-8-12(3)13(15)4;1-2/h5-11,18H,1-4H3,(H2,20,22);2H,1H3/b16-5-,21-6?;. The van der Waals surface area contributed by atoms with Gasteiger partial charge in [-0.15, -0.1) is 11.3 Å². The van der Waals surface area contributed by atoms with Crippen LogP contribution in [-0.4, -0.2) is 24.3 Å². The van der Waals surface area contributed by atoms with Crippen LogP contribution in [0.1, 0.15) is 51.7 Å². The first-order valence-corrected chi connectivity index (χ1v) is 8.91. The van der Waals surface area contributed by atoms with Crippen LogP contribution in [0.4, 0.5) is 0 Å². The molecule has 0 saturated heterocycles. The van der Waals surface area contributed by atoms with Gasteiger partial charge in [0.05, 0.1) is 10.8 Å². The summed E-state index contributed by atoms with van der Waals surface area (Å²) in [7, 11) is 1.00. The molecule has 0 radical (unpaired) electrons. The Morgan fingerprint density at radius 3 is 2.48 bits per heavy atom. The van der Waals surface area contributed by atoms with Crippen molar-refractivity contribution in [2.45, 2.75) is 33.6 Å². The molecule has 134 valence electrons. The summed E-state index contributed by atoms with van der Waals surface area (Å²) in [6.07, 6.45) is 3.82. The van der Waals surface area contributed by atoms with E-state index in [4.69, 9.17) is 10.8 Å². The molecule has 0 aliphatic carbocycles. The second-order valence-electron chi connectivity index (χ2n) is 5.43. The van der Waals surface area contributed by atoms with Gasteiger partial charge >= 0.3 is 0 Å². The van der Waals surface area contributed by atoms with Gasteiger partial charge in [0.2, 0.25) is 0 Å². The van der Waals surface area contributed by atoms with Crippen LogP contribution in [-0.2, 0) is 0 Å². The van der Waals surface area contributed by atoms with Crippen molar-refractivity contribution in [3.8, 4) is 0 Å². The number of carbonyl (C=O) groups is 1. The number of hydrogen-bond donors (Lipinski definition) is 2. The number of rotatable bonds is 5. The summed E-state index contributed by atoms with van der Waals surface area (Å²) in [5.41, 5.74) is 11.1. The Morgan fingerprint density at radius 2 is 1.96 bits per heavy atom. The molecule has 1 amide bonds. The zero-order valence-corrected chi connectivity index (χ0v) is 16.2. The molecule has 25 heavy (non-hydrogen) atoms. The van der Waals surface area contributed by atoms with Gasteiger partial charge in [0.1, 0.15) is 0 Å². The van der Waals surface area contributed by atoms with E-state index in [1.807, 2.05) is 31.4 Å². The first-order valence-electron chi connectivity index (χ1n) is 8.03. The van der Waals surface area contributed by atoms with Crippen molar-refractivity contribution in [1.82, 2.24) is 0 Å². The minimum Gasteiger partial charge on any atom is -0.400 e. The molecule has 0 bridgehead atoms. The van der Waals surface area contributed by atoms with Gasteiger partial charge in [0.25, 0.3) is 5.91 Å². The number of aryl methyl sites for hydroxylation is 1. The monoisotopic (exact) mass is 358 g/mol. The Bertz CT molecular complexity index is 776. The predicted octanol–water partition coefficient (Wildman–Crippen LogP) is 4.20. The van der Waals surface area contributed by atoms with Crippen LogP contribution in [0.15, 0.2) is 46.4 Å². The first-order chi connectivity index (χ1) is 12.0. The smallest absolute Gasteiger partial charge is 0.258 e. The number of aliphatic imine (C=N–C) groups is 1. The van der Waals surface area contributed by atoms with Crippen LogP contribution in [0.25, 0.3) is 0 Å². The Labute approximate surface area is 153 Å². The molecule has 1 heterocycles. The van der Waals surface area contributed by atoms with Crippen molar-refractivity contribution >= 4 is 23.5 Å². The fraction of sp³-hybridized carbons (Fsp3) is 0.300. The van der Waals surface area contributed by atoms with E-state index in [-0.39, 0.29) is 11.8 Å². The van der Waals surface area contributed by atoms with Gasteiger partial charge in [0.15, 0.2) is 0 Å². The highest BCUT2D eigenvalue weighted by molar-refractivity contribution is 7.12.